The monoisotopic (exact) mass is 453 g/mol. The zero-order valence-electron chi connectivity index (χ0n) is 15.5. The van der Waals surface area contributed by atoms with Crippen molar-refractivity contribution in [1.82, 2.24) is 5.32 Å². The second-order valence-corrected chi connectivity index (χ2v) is 7.30. The first kappa shape index (κ1) is 19.2. The summed E-state index contributed by atoms with van der Waals surface area (Å²) >= 11 is 3.51. The number of nitrogens with one attached hydrogen (secondary N) is 1. The Hall–Kier alpha value is -3.12. The minimum atomic E-state index is -0.356. The SMILES string of the molecule is CNC(=O)c1c(-c2ccc(F)cc2)oc2cc(Br)c(OCc3ccccc3)cc12. The van der Waals surface area contributed by atoms with E-state index in [0.29, 0.717) is 44.7 Å². The van der Waals surface area contributed by atoms with Crippen LogP contribution in [0.5, 0.6) is 5.75 Å². The van der Waals surface area contributed by atoms with Gasteiger partial charge in [0.25, 0.3) is 5.91 Å². The minimum Gasteiger partial charge on any atom is -0.488 e. The van der Waals surface area contributed by atoms with Gasteiger partial charge in [0.05, 0.1) is 10.0 Å². The first-order valence-electron chi connectivity index (χ1n) is 8.97. The molecular weight excluding hydrogens is 437 g/mol. The number of fused-ring (bicyclic) bond motifs is 1. The van der Waals surface area contributed by atoms with Crippen LogP contribution in [0.4, 0.5) is 4.39 Å². The van der Waals surface area contributed by atoms with Gasteiger partial charge in [-0.15, -0.1) is 0 Å². The predicted octanol–water partition coefficient (Wildman–Crippen LogP) is 5.94. The van der Waals surface area contributed by atoms with E-state index in [2.05, 4.69) is 21.2 Å². The Kier molecular flexibility index (Phi) is 5.36. The van der Waals surface area contributed by atoms with Crippen LogP contribution in [0.15, 0.2) is 75.6 Å². The molecule has 0 spiro atoms. The standard InChI is InChI=1S/C23H17BrFNO3/c1-26-23(27)21-17-11-20(28-13-14-5-3-2-4-6-14)18(24)12-19(17)29-22(21)15-7-9-16(25)10-8-15/h2-12H,13H2,1H3,(H,26,27). The molecule has 4 aromatic rings. The fraction of sp³-hybridized carbons (Fsp3) is 0.0870. The molecule has 1 heterocycles. The lowest BCUT2D eigenvalue weighted by atomic mass is 10.0. The van der Waals surface area contributed by atoms with Crippen LogP contribution in [0, 0.1) is 5.82 Å². The van der Waals surface area contributed by atoms with E-state index in [4.69, 9.17) is 9.15 Å². The summed E-state index contributed by atoms with van der Waals surface area (Å²) in [6.45, 7) is 0.392. The number of rotatable bonds is 5. The summed E-state index contributed by atoms with van der Waals surface area (Å²) in [6, 6.07) is 19.2. The van der Waals surface area contributed by atoms with Crippen molar-refractivity contribution in [2.24, 2.45) is 0 Å². The largest absolute Gasteiger partial charge is 0.488 e. The van der Waals surface area contributed by atoms with E-state index in [9.17, 15) is 9.18 Å². The molecule has 0 aliphatic carbocycles. The number of halogens is 2. The van der Waals surface area contributed by atoms with Crippen molar-refractivity contribution >= 4 is 32.8 Å². The summed E-state index contributed by atoms with van der Waals surface area (Å²) in [5, 5.41) is 3.27. The van der Waals surface area contributed by atoms with Crippen molar-refractivity contribution in [3.05, 3.63) is 88.1 Å². The van der Waals surface area contributed by atoms with Crippen LogP contribution in [-0.4, -0.2) is 13.0 Å². The Bertz CT molecular complexity index is 1170. The van der Waals surface area contributed by atoms with E-state index in [1.54, 1.807) is 31.3 Å². The topological polar surface area (TPSA) is 51.5 Å². The van der Waals surface area contributed by atoms with Gasteiger partial charge in [-0.3, -0.25) is 4.79 Å². The molecule has 4 nitrogen and oxygen atoms in total. The molecule has 0 saturated carbocycles. The average molecular weight is 454 g/mol. The molecule has 0 radical (unpaired) electrons. The van der Waals surface area contributed by atoms with Gasteiger partial charge in [-0.1, -0.05) is 30.3 Å². The minimum absolute atomic E-state index is 0.292. The van der Waals surface area contributed by atoms with Gasteiger partial charge in [-0.05, 0) is 57.9 Å². The van der Waals surface area contributed by atoms with Crippen LogP contribution < -0.4 is 10.1 Å². The van der Waals surface area contributed by atoms with Crippen molar-refractivity contribution in [1.29, 1.82) is 0 Å². The predicted molar refractivity (Wildman–Crippen MR) is 113 cm³/mol. The van der Waals surface area contributed by atoms with Gasteiger partial charge in [0.1, 0.15) is 29.5 Å². The van der Waals surface area contributed by atoms with Gasteiger partial charge in [0, 0.05) is 18.0 Å². The quantitative estimate of drug-likeness (QED) is 0.406. The maximum absolute atomic E-state index is 13.3. The molecule has 6 heteroatoms. The van der Waals surface area contributed by atoms with Crippen LogP contribution in [0.25, 0.3) is 22.3 Å². The highest BCUT2D eigenvalue weighted by atomic mass is 79.9. The summed E-state index contributed by atoms with van der Waals surface area (Å²) in [7, 11) is 1.56. The molecule has 0 aliphatic heterocycles. The van der Waals surface area contributed by atoms with Crippen LogP contribution in [0.3, 0.4) is 0 Å². The third-order valence-electron chi connectivity index (χ3n) is 4.54. The maximum Gasteiger partial charge on any atom is 0.255 e. The third-order valence-corrected chi connectivity index (χ3v) is 5.16. The first-order valence-corrected chi connectivity index (χ1v) is 9.77. The van der Waals surface area contributed by atoms with E-state index in [-0.39, 0.29) is 11.7 Å². The fourth-order valence-corrected chi connectivity index (χ4v) is 3.54. The van der Waals surface area contributed by atoms with Gasteiger partial charge in [0.2, 0.25) is 0 Å². The molecular formula is C23H17BrFNO3. The Labute approximate surface area is 175 Å². The zero-order valence-corrected chi connectivity index (χ0v) is 17.1. The smallest absolute Gasteiger partial charge is 0.255 e. The van der Waals surface area contributed by atoms with Gasteiger partial charge in [-0.25, -0.2) is 4.39 Å². The Balaban J connectivity index is 1.80. The second-order valence-electron chi connectivity index (χ2n) is 6.45. The lowest BCUT2D eigenvalue weighted by molar-refractivity contribution is 0.0964. The van der Waals surface area contributed by atoms with Crippen molar-refractivity contribution in [3.8, 4) is 17.1 Å². The van der Waals surface area contributed by atoms with E-state index in [0.717, 1.165) is 5.56 Å². The highest BCUT2D eigenvalue weighted by molar-refractivity contribution is 9.10. The highest BCUT2D eigenvalue weighted by Crippen LogP contribution is 2.39. The molecule has 1 amide bonds. The molecule has 0 unspecified atom stereocenters. The fourth-order valence-electron chi connectivity index (χ4n) is 3.10. The average Bonchev–Trinajstić information content (AvgIpc) is 3.10. The molecule has 1 aromatic heterocycles. The van der Waals surface area contributed by atoms with E-state index in [1.165, 1.54) is 12.1 Å². The van der Waals surface area contributed by atoms with Crippen molar-refractivity contribution in [3.63, 3.8) is 0 Å². The van der Waals surface area contributed by atoms with E-state index < -0.39 is 0 Å². The normalized spacial score (nSPS) is 10.9. The van der Waals surface area contributed by atoms with Gasteiger partial charge in [-0.2, -0.15) is 0 Å². The number of benzene rings is 3. The Morgan fingerprint density at radius 2 is 1.83 bits per heavy atom. The molecule has 146 valence electrons. The first-order chi connectivity index (χ1) is 14.1. The molecule has 0 bridgehead atoms. The van der Waals surface area contributed by atoms with Crippen LogP contribution >= 0.6 is 15.9 Å². The van der Waals surface area contributed by atoms with E-state index in [1.807, 2.05) is 30.3 Å². The number of hydrogen-bond donors (Lipinski definition) is 1. The lowest BCUT2D eigenvalue weighted by Gasteiger charge is -2.09. The van der Waals surface area contributed by atoms with Crippen molar-refractivity contribution in [2.45, 2.75) is 6.61 Å². The van der Waals surface area contributed by atoms with Crippen LogP contribution in [0.1, 0.15) is 15.9 Å². The zero-order chi connectivity index (χ0) is 20.4. The summed E-state index contributed by atoms with van der Waals surface area (Å²) in [5.41, 5.74) is 2.56. The number of carbonyl (C=O) groups is 1. The molecule has 0 aliphatic rings. The summed E-state index contributed by atoms with van der Waals surface area (Å²) < 4.78 is 26.0. The summed E-state index contributed by atoms with van der Waals surface area (Å²) in [6.07, 6.45) is 0. The molecule has 3 aromatic carbocycles. The number of hydrogen-bond acceptors (Lipinski definition) is 3. The second kappa shape index (κ2) is 8.09. The molecule has 1 N–H and O–H groups in total. The number of carbonyl (C=O) groups excluding carboxylic acids is 1. The molecule has 29 heavy (non-hydrogen) atoms. The number of amides is 1. The summed E-state index contributed by atoms with van der Waals surface area (Å²) in [5.74, 6) is 0.328. The van der Waals surface area contributed by atoms with Crippen LogP contribution in [0.2, 0.25) is 0 Å². The molecule has 0 saturated heterocycles. The van der Waals surface area contributed by atoms with Gasteiger partial charge in [0.15, 0.2) is 0 Å². The number of furan rings is 1. The molecule has 0 atom stereocenters. The maximum atomic E-state index is 13.3. The summed E-state index contributed by atoms with van der Waals surface area (Å²) in [4.78, 5) is 12.6. The number of ether oxygens (including phenoxy) is 1. The van der Waals surface area contributed by atoms with E-state index >= 15 is 0 Å². The van der Waals surface area contributed by atoms with Crippen LogP contribution in [-0.2, 0) is 6.61 Å². The lowest BCUT2D eigenvalue weighted by Crippen LogP contribution is -2.18. The Morgan fingerprint density at radius 1 is 1.10 bits per heavy atom. The van der Waals surface area contributed by atoms with Crippen molar-refractivity contribution in [2.75, 3.05) is 7.05 Å². The van der Waals surface area contributed by atoms with Gasteiger partial charge < -0.3 is 14.5 Å². The Morgan fingerprint density at radius 3 is 2.52 bits per heavy atom. The van der Waals surface area contributed by atoms with Gasteiger partial charge >= 0.3 is 0 Å². The third kappa shape index (κ3) is 3.89. The molecule has 0 fully saturated rings. The highest BCUT2D eigenvalue weighted by Gasteiger charge is 2.23. The van der Waals surface area contributed by atoms with Crippen molar-refractivity contribution < 1.29 is 18.3 Å². The molecule has 4 rings (SSSR count).